The lowest BCUT2D eigenvalue weighted by Crippen LogP contribution is -2.29. The predicted molar refractivity (Wildman–Crippen MR) is 118 cm³/mol. The number of carbonyl (C=O) groups excluding carboxylic acids is 1. The molecule has 3 aromatic rings. The highest BCUT2D eigenvalue weighted by Crippen LogP contribution is 2.30. The van der Waals surface area contributed by atoms with Crippen molar-refractivity contribution in [1.29, 1.82) is 0 Å². The molecule has 31 heavy (non-hydrogen) atoms. The number of nitrogens with zero attached hydrogens (tertiary/aromatic N) is 4. The van der Waals surface area contributed by atoms with Gasteiger partial charge in [-0.05, 0) is 42.7 Å². The molecule has 160 valence electrons. The number of aromatic nitrogens is 3. The molecule has 1 unspecified atom stereocenters. The monoisotopic (exact) mass is 419 g/mol. The Hall–Kier alpha value is -3.35. The van der Waals surface area contributed by atoms with Gasteiger partial charge in [0.2, 0.25) is 5.91 Å². The van der Waals surface area contributed by atoms with Crippen LogP contribution in [0.15, 0.2) is 54.9 Å². The summed E-state index contributed by atoms with van der Waals surface area (Å²) in [5.74, 6) is 1.54. The van der Waals surface area contributed by atoms with E-state index in [1.807, 2.05) is 23.1 Å². The maximum Gasteiger partial charge on any atom is 0.222 e. The molecule has 0 radical (unpaired) electrons. The molecular formula is C24H26FN5O. The number of halogens is 1. The molecule has 1 saturated heterocycles. The third kappa shape index (κ3) is 5.23. The minimum atomic E-state index is -0.316. The molecule has 0 bridgehead atoms. The number of pyridine rings is 1. The maximum atomic E-state index is 13.6. The van der Waals surface area contributed by atoms with E-state index in [1.165, 1.54) is 12.1 Å². The quantitative estimate of drug-likeness (QED) is 0.622. The number of hydrogen-bond donors (Lipinski definition) is 1. The van der Waals surface area contributed by atoms with Gasteiger partial charge in [0, 0.05) is 55.1 Å². The summed E-state index contributed by atoms with van der Waals surface area (Å²) in [7, 11) is 0. The second kappa shape index (κ2) is 9.20. The first kappa shape index (κ1) is 20.9. The third-order valence-electron chi connectivity index (χ3n) is 5.31. The van der Waals surface area contributed by atoms with Gasteiger partial charge in [0.15, 0.2) is 0 Å². The SMILES string of the molecule is CC(C)CC(=O)N1CCC(c2nc(Nc3cccc(F)c3)cc(-c3ccncc3)n2)C1. The van der Waals surface area contributed by atoms with Crippen molar-refractivity contribution >= 4 is 17.4 Å². The molecule has 1 aromatic carbocycles. The van der Waals surface area contributed by atoms with E-state index in [2.05, 4.69) is 24.1 Å². The van der Waals surface area contributed by atoms with Gasteiger partial charge in [-0.3, -0.25) is 9.78 Å². The van der Waals surface area contributed by atoms with Crippen molar-refractivity contribution in [2.45, 2.75) is 32.6 Å². The van der Waals surface area contributed by atoms with Crippen LogP contribution in [0.3, 0.4) is 0 Å². The van der Waals surface area contributed by atoms with Crippen LogP contribution in [0.2, 0.25) is 0 Å². The first-order chi connectivity index (χ1) is 15.0. The number of likely N-dealkylation sites (tertiary alicyclic amines) is 1. The Morgan fingerprint density at radius 3 is 2.74 bits per heavy atom. The molecule has 1 fully saturated rings. The van der Waals surface area contributed by atoms with Gasteiger partial charge in [0.25, 0.3) is 0 Å². The van der Waals surface area contributed by atoms with Crippen molar-refractivity contribution in [3.05, 3.63) is 66.5 Å². The fourth-order valence-corrected chi connectivity index (χ4v) is 3.77. The summed E-state index contributed by atoms with van der Waals surface area (Å²) in [4.78, 5) is 28.0. The second-order valence-corrected chi connectivity index (χ2v) is 8.29. The van der Waals surface area contributed by atoms with Crippen molar-refractivity contribution in [1.82, 2.24) is 19.9 Å². The zero-order valence-corrected chi connectivity index (χ0v) is 17.8. The number of rotatable bonds is 6. The number of anilines is 2. The van der Waals surface area contributed by atoms with E-state index in [-0.39, 0.29) is 17.6 Å². The molecule has 2 aromatic heterocycles. The highest BCUT2D eigenvalue weighted by Gasteiger charge is 2.30. The molecule has 1 aliphatic rings. The summed E-state index contributed by atoms with van der Waals surface area (Å²) in [6.45, 7) is 5.44. The first-order valence-corrected chi connectivity index (χ1v) is 10.6. The summed E-state index contributed by atoms with van der Waals surface area (Å²) in [5, 5.41) is 3.19. The maximum absolute atomic E-state index is 13.6. The minimum Gasteiger partial charge on any atom is -0.342 e. The van der Waals surface area contributed by atoms with Gasteiger partial charge in [-0.2, -0.15) is 0 Å². The van der Waals surface area contributed by atoms with E-state index in [9.17, 15) is 9.18 Å². The van der Waals surface area contributed by atoms with Crippen molar-refractivity contribution < 1.29 is 9.18 Å². The molecule has 0 aliphatic carbocycles. The lowest BCUT2D eigenvalue weighted by atomic mass is 10.1. The molecule has 4 rings (SSSR count). The normalized spacial score (nSPS) is 16.0. The van der Waals surface area contributed by atoms with Gasteiger partial charge in [0.05, 0.1) is 5.69 Å². The van der Waals surface area contributed by atoms with Crippen LogP contribution >= 0.6 is 0 Å². The summed E-state index contributed by atoms with van der Waals surface area (Å²) in [5.41, 5.74) is 2.30. The van der Waals surface area contributed by atoms with Gasteiger partial charge in [-0.25, -0.2) is 14.4 Å². The Morgan fingerprint density at radius 1 is 1.19 bits per heavy atom. The third-order valence-corrected chi connectivity index (χ3v) is 5.31. The largest absolute Gasteiger partial charge is 0.342 e. The van der Waals surface area contributed by atoms with E-state index < -0.39 is 0 Å². The van der Waals surface area contributed by atoms with Gasteiger partial charge in [-0.1, -0.05) is 19.9 Å². The average Bonchev–Trinajstić information content (AvgIpc) is 3.24. The number of nitrogens with one attached hydrogen (secondary N) is 1. The molecule has 1 amide bonds. The molecule has 0 saturated carbocycles. The lowest BCUT2D eigenvalue weighted by Gasteiger charge is -2.18. The lowest BCUT2D eigenvalue weighted by molar-refractivity contribution is -0.130. The van der Waals surface area contributed by atoms with Crippen LogP contribution in [0, 0.1) is 11.7 Å². The Labute approximate surface area is 181 Å². The van der Waals surface area contributed by atoms with Gasteiger partial charge >= 0.3 is 0 Å². The fraction of sp³-hybridized carbons (Fsp3) is 0.333. The van der Waals surface area contributed by atoms with Crippen LogP contribution in [0.25, 0.3) is 11.3 Å². The van der Waals surface area contributed by atoms with Gasteiger partial charge < -0.3 is 10.2 Å². The Morgan fingerprint density at radius 2 is 2.00 bits per heavy atom. The van der Waals surface area contributed by atoms with Gasteiger partial charge in [0.1, 0.15) is 17.5 Å². The summed E-state index contributed by atoms with van der Waals surface area (Å²) < 4.78 is 13.6. The van der Waals surface area contributed by atoms with Gasteiger partial charge in [-0.15, -0.1) is 0 Å². The summed E-state index contributed by atoms with van der Waals surface area (Å²) >= 11 is 0. The molecule has 1 N–H and O–H groups in total. The van der Waals surface area contributed by atoms with E-state index in [0.29, 0.717) is 42.8 Å². The summed E-state index contributed by atoms with van der Waals surface area (Å²) in [6.07, 6.45) is 4.82. The fourth-order valence-electron chi connectivity index (χ4n) is 3.77. The van der Waals surface area contributed by atoms with Crippen LogP contribution in [-0.4, -0.2) is 38.8 Å². The molecule has 3 heterocycles. The van der Waals surface area contributed by atoms with E-state index >= 15 is 0 Å². The molecule has 7 heteroatoms. The highest BCUT2D eigenvalue weighted by molar-refractivity contribution is 5.76. The topological polar surface area (TPSA) is 71.0 Å². The first-order valence-electron chi connectivity index (χ1n) is 10.6. The van der Waals surface area contributed by atoms with Crippen molar-refractivity contribution in [3.63, 3.8) is 0 Å². The number of amides is 1. The smallest absolute Gasteiger partial charge is 0.222 e. The molecule has 0 spiro atoms. The molecule has 6 nitrogen and oxygen atoms in total. The van der Waals surface area contributed by atoms with Crippen LogP contribution in [0.1, 0.15) is 38.4 Å². The Balaban J connectivity index is 1.63. The van der Waals surface area contributed by atoms with Crippen molar-refractivity contribution in [3.8, 4) is 11.3 Å². The second-order valence-electron chi connectivity index (χ2n) is 8.29. The van der Waals surface area contributed by atoms with Crippen LogP contribution in [0.4, 0.5) is 15.9 Å². The standard InChI is InChI=1S/C24H26FN5O/c1-16(2)12-23(31)30-11-8-18(15-30)24-28-21(17-6-9-26-10-7-17)14-22(29-24)27-20-5-3-4-19(25)13-20/h3-7,9-10,13-14,16,18H,8,11-12,15H2,1-2H3,(H,27,28,29). The van der Waals surface area contributed by atoms with E-state index in [4.69, 9.17) is 9.97 Å². The zero-order chi connectivity index (χ0) is 21.8. The summed E-state index contributed by atoms with van der Waals surface area (Å²) in [6, 6.07) is 11.9. The zero-order valence-electron chi connectivity index (χ0n) is 17.8. The molecular weight excluding hydrogens is 393 g/mol. The highest BCUT2D eigenvalue weighted by atomic mass is 19.1. The van der Waals surface area contributed by atoms with E-state index in [0.717, 1.165) is 17.7 Å². The van der Waals surface area contributed by atoms with Crippen LogP contribution < -0.4 is 5.32 Å². The number of benzene rings is 1. The Kier molecular flexibility index (Phi) is 6.21. The molecule has 1 aliphatic heterocycles. The average molecular weight is 420 g/mol. The minimum absolute atomic E-state index is 0.0611. The number of carbonyl (C=O) groups is 1. The number of hydrogen-bond acceptors (Lipinski definition) is 5. The van der Waals surface area contributed by atoms with Crippen LogP contribution in [-0.2, 0) is 4.79 Å². The van der Waals surface area contributed by atoms with Crippen molar-refractivity contribution in [2.75, 3.05) is 18.4 Å². The Bertz CT molecular complexity index is 1060. The predicted octanol–water partition coefficient (Wildman–Crippen LogP) is 4.78. The van der Waals surface area contributed by atoms with E-state index in [1.54, 1.807) is 24.5 Å². The van der Waals surface area contributed by atoms with Crippen LogP contribution in [0.5, 0.6) is 0 Å². The van der Waals surface area contributed by atoms with Crippen molar-refractivity contribution in [2.24, 2.45) is 5.92 Å². The molecule has 1 atom stereocenters.